The average Bonchev–Trinajstić information content (AvgIpc) is 3.03. The van der Waals surface area contributed by atoms with Gasteiger partial charge in [0.05, 0.1) is 5.39 Å². The number of carbonyl (C=O) groups excluding carboxylic acids is 1. The molecule has 2 heterocycles. The van der Waals surface area contributed by atoms with Gasteiger partial charge in [0.25, 0.3) is 5.56 Å². The van der Waals surface area contributed by atoms with Gasteiger partial charge in [-0.05, 0) is 55.7 Å². The molecule has 4 rings (SSSR count). The van der Waals surface area contributed by atoms with Gasteiger partial charge in [0.15, 0.2) is 0 Å². The van der Waals surface area contributed by atoms with Crippen LogP contribution in [0.1, 0.15) is 54.4 Å². The van der Waals surface area contributed by atoms with E-state index >= 15 is 0 Å². The molecule has 5 nitrogen and oxygen atoms in total. The fourth-order valence-electron chi connectivity index (χ4n) is 3.97. The zero-order valence-electron chi connectivity index (χ0n) is 16.5. The number of carbonyl (C=O) groups is 1. The van der Waals surface area contributed by atoms with Crippen LogP contribution in [-0.4, -0.2) is 15.5 Å². The molecule has 0 saturated heterocycles. The predicted molar refractivity (Wildman–Crippen MR) is 114 cm³/mol. The smallest absolute Gasteiger partial charge is 0.263 e. The third-order valence-corrected chi connectivity index (χ3v) is 6.61. The molecule has 0 bridgehead atoms. The minimum absolute atomic E-state index is 0.0232. The van der Waals surface area contributed by atoms with Gasteiger partial charge < -0.3 is 5.32 Å². The van der Waals surface area contributed by atoms with E-state index in [1.165, 1.54) is 15.9 Å². The number of hydrogen-bond donors (Lipinski definition) is 1. The van der Waals surface area contributed by atoms with Gasteiger partial charge in [0, 0.05) is 10.6 Å². The summed E-state index contributed by atoms with van der Waals surface area (Å²) < 4.78 is 1.51. The first-order valence-electron chi connectivity index (χ1n) is 9.86. The highest BCUT2D eigenvalue weighted by Crippen LogP contribution is 2.33. The number of fused-ring (bicyclic) bond motifs is 3. The molecule has 0 fully saturated rings. The Morgan fingerprint density at radius 2 is 2.00 bits per heavy atom. The second-order valence-electron chi connectivity index (χ2n) is 7.73. The molecule has 0 saturated carbocycles. The number of nitrogens with one attached hydrogen (secondary N) is 1. The number of rotatable bonds is 4. The normalized spacial score (nSPS) is 13.7. The Hall–Kier alpha value is -2.47. The molecular weight excluding hydrogens is 370 g/mol. The first-order valence-corrected chi connectivity index (χ1v) is 10.7. The Morgan fingerprint density at radius 3 is 2.79 bits per heavy atom. The highest BCUT2D eigenvalue weighted by atomic mass is 32.1. The molecular formula is C22H25N3O2S. The molecule has 0 aliphatic heterocycles. The van der Waals surface area contributed by atoms with Crippen molar-refractivity contribution >= 4 is 33.1 Å². The van der Waals surface area contributed by atoms with Crippen LogP contribution in [0.4, 0.5) is 5.69 Å². The lowest BCUT2D eigenvalue weighted by atomic mass is 9.97. The summed E-state index contributed by atoms with van der Waals surface area (Å²) in [5, 5.41) is 3.70. The van der Waals surface area contributed by atoms with Gasteiger partial charge in [-0.3, -0.25) is 14.2 Å². The van der Waals surface area contributed by atoms with Crippen molar-refractivity contribution in [2.45, 2.75) is 58.9 Å². The van der Waals surface area contributed by atoms with Crippen LogP contribution in [0.5, 0.6) is 0 Å². The van der Waals surface area contributed by atoms with Gasteiger partial charge in [-0.1, -0.05) is 32.0 Å². The Kier molecular flexibility index (Phi) is 5.06. The molecule has 0 radical (unpaired) electrons. The Bertz CT molecular complexity index is 1110. The molecule has 0 unspecified atom stereocenters. The summed E-state index contributed by atoms with van der Waals surface area (Å²) in [4.78, 5) is 32.7. The number of aryl methyl sites for hydroxylation is 3. The van der Waals surface area contributed by atoms with Gasteiger partial charge >= 0.3 is 0 Å². The maximum absolute atomic E-state index is 13.2. The van der Waals surface area contributed by atoms with Crippen molar-refractivity contribution in [1.82, 2.24) is 9.55 Å². The summed E-state index contributed by atoms with van der Waals surface area (Å²) in [7, 11) is 0. The van der Waals surface area contributed by atoms with Gasteiger partial charge in [-0.25, -0.2) is 4.98 Å². The topological polar surface area (TPSA) is 64.0 Å². The first-order chi connectivity index (χ1) is 13.5. The second-order valence-corrected chi connectivity index (χ2v) is 8.82. The van der Waals surface area contributed by atoms with Crippen LogP contribution in [0.3, 0.4) is 0 Å². The Balaban J connectivity index is 1.67. The minimum atomic E-state index is -0.205. The molecule has 1 amide bonds. The van der Waals surface area contributed by atoms with Crippen molar-refractivity contribution in [3.05, 3.63) is 56.4 Å². The molecule has 1 aromatic carbocycles. The van der Waals surface area contributed by atoms with Crippen LogP contribution in [0, 0.1) is 6.92 Å². The molecule has 0 atom stereocenters. The number of para-hydroxylation sites is 1. The SMILES string of the molecule is Cc1nc2sc3c(c2c(=O)n1CC(=O)Nc1ccccc1C(C)C)CCCC3. The van der Waals surface area contributed by atoms with Crippen molar-refractivity contribution in [3.8, 4) is 0 Å². The fourth-order valence-corrected chi connectivity index (χ4v) is 5.27. The van der Waals surface area contributed by atoms with Crippen LogP contribution in [0.2, 0.25) is 0 Å². The van der Waals surface area contributed by atoms with Crippen molar-refractivity contribution in [2.24, 2.45) is 0 Å². The summed E-state index contributed by atoms with van der Waals surface area (Å²) in [6.07, 6.45) is 4.24. The van der Waals surface area contributed by atoms with E-state index < -0.39 is 0 Å². The zero-order chi connectivity index (χ0) is 19.8. The van der Waals surface area contributed by atoms with E-state index in [0.29, 0.717) is 11.7 Å². The summed E-state index contributed by atoms with van der Waals surface area (Å²) >= 11 is 1.64. The lowest BCUT2D eigenvalue weighted by Crippen LogP contribution is -2.30. The Labute approximate surface area is 168 Å². The van der Waals surface area contributed by atoms with Crippen LogP contribution >= 0.6 is 11.3 Å². The van der Waals surface area contributed by atoms with Crippen molar-refractivity contribution in [1.29, 1.82) is 0 Å². The Morgan fingerprint density at radius 1 is 1.25 bits per heavy atom. The van der Waals surface area contributed by atoms with Crippen LogP contribution in [0.25, 0.3) is 10.2 Å². The second kappa shape index (κ2) is 7.51. The molecule has 2 aromatic heterocycles. The first kappa shape index (κ1) is 18.9. The largest absolute Gasteiger partial charge is 0.324 e. The average molecular weight is 396 g/mol. The predicted octanol–water partition coefficient (Wildman–Crippen LogP) is 4.41. The van der Waals surface area contributed by atoms with Gasteiger partial charge in [0.1, 0.15) is 17.2 Å². The van der Waals surface area contributed by atoms with E-state index in [1.54, 1.807) is 18.3 Å². The third kappa shape index (κ3) is 3.37. The van der Waals surface area contributed by atoms with E-state index in [0.717, 1.165) is 46.3 Å². The molecule has 1 N–H and O–H groups in total. The molecule has 3 aromatic rings. The number of amides is 1. The molecule has 0 spiro atoms. The number of aromatic nitrogens is 2. The van der Waals surface area contributed by atoms with Crippen LogP contribution in [0.15, 0.2) is 29.1 Å². The van der Waals surface area contributed by atoms with E-state index in [-0.39, 0.29) is 18.0 Å². The van der Waals surface area contributed by atoms with E-state index in [4.69, 9.17) is 0 Å². The standard InChI is InChI=1S/C22H25N3O2S/c1-13(2)15-8-4-6-10-17(15)24-19(26)12-25-14(3)23-21-20(22(25)27)16-9-5-7-11-18(16)28-21/h4,6,8,10,13H,5,7,9,11-12H2,1-3H3,(H,24,26). The van der Waals surface area contributed by atoms with E-state index in [1.807, 2.05) is 24.3 Å². The van der Waals surface area contributed by atoms with Crippen molar-refractivity contribution in [3.63, 3.8) is 0 Å². The maximum atomic E-state index is 13.2. The summed E-state index contributed by atoms with van der Waals surface area (Å²) in [6, 6.07) is 7.80. The number of thiophene rings is 1. The maximum Gasteiger partial charge on any atom is 0.263 e. The number of anilines is 1. The summed E-state index contributed by atoms with van der Waals surface area (Å²) in [5.74, 6) is 0.684. The fraction of sp³-hybridized carbons (Fsp3) is 0.409. The van der Waals surface area contributed by atoms with Crippen molar-refractivity contribution in [2.75, 3.05) is 5.32 Å². The van der Waals surface area contributed by atoms with Gasteiger partial charge in [0.2, 0.25) is 5.91 Å². The quantitative estimate of drug-likeness (QED) is 0.712. The van der Waals surface area contributed by atoms with Gasteiger partial charge in [-0.15, -0.1) is 11.3 Å². The number of nitrogens with zero attached hydrogens (tertiary/aromatic N) is 2. The molecule has 1 aliphatic rings. The van der Waals surface area contributed by atoms with Crippen LogP contribution < -0.4 is 10.9 Å². The van der Waals surface area contributed by atoms with Crippen molar-refractivity contribution < 1.29 is 4.79 Å². The zero-order valence-corrected chi connectivity index (χ0v) is 17.4. The highest BCUT2D eigenvalue weighted by molar-refractivity contribution is 7.18. The van der Waals surface area contributed by atoms with E-state index in [9.17, 15) is 9.59 Å². The highest BCUT2D eigenvalue weighted by Gasteiger charge is 2.22. The molecule has 146 valence electrons. The molecule has 1 aliphatic carbocycles. The van der Waals surface area contributed by atoms with Gasteiger partial charge in [-0.2, -0.15) is 0 Å². The minimum Gasteiger partial charge on any atom is -0.324 e. The molecule has 28 heavy (non-hydrogen) atoms. The monoisotopic (exact) mass is 395 g/mol. The van der Waals surface area contributed by atoms with Crippen LogP contribution in [-0.2, 0) is 24.2 Å². The molecule has 6 heteroatoms. The lowest BCUT2D eigenvalue weighted by Gasteiger charge is -2.15. The lowest BCUT2D eigenvalue weighted by molar-refractivity contribution is -0.116. The summed E-state index contributed by atoms with van der Waals surface area (Å²) in [6.45, 7) is 5.97. The third-order valence-electron chi connectivity index (χ3n) is 5.42. The van der Waals surface area contributed by atoms with E-state index in [2.05, 4.69) is 24.1 Å². The number of benzene rings is 1. The number of hydrogen-bond acceptors (Lipinski definition) is 4. The summed E-state index contributed by atoms with van der Waals surface area (Å²) in [5.41, 5.74) is 2.95.